The predicted molar refractivity (Wildman–Crippen MR) is 51.2 cm³/mol. The van der Waals surface area contributed by atoms with Gasteiger partial charge in [-0.2, -0.15) is 23.5 Å². The zero-order valence-corrected chi connectivity index (χ0v) is 7.92. The number of nitrogen functional groups attached to an aromatic ring is 1. The van der Waals surface area contributed by atoms with E-state index in [1.807, 2.05) is 0 Å². The number of anilines is 1. The summed E-state index contributed by atoms with van der Waals surface area (Å²) in [6.45, 7) is 0. The van der Waals surface area contributed by atoms with Gasteiger partial charge in [0, 0.05) is 5.56 Å². The lowest BCUT2D eigenvalue weighted by molar-refractivity contribution is -0.137. The topological polar surface area (TPSA) is 67.6 Å². The van der Waals surface area contributed by atoms with Gasteiger partial charge >= 0.3 is 6.18 Å². The van der Waals surface area contributed by atoms with Gasteiger partial charge in [0.05, 0.1) is 5.56 Å². The summed E-state index contributed by atoms with van der Waals surface area (Å²) in [6, 6.07) is 4.75. The maximum atomic E-state index is 12.4. The first kappa shape index (κ1) is 10.5. The fourth-order valence-corrected chi connectivity index (χ4v) is 1.29. The SMILES string of the molecule is Nc1n[nH]nc1-c1cccc(C(F)(F)F)c1. The summed E-state index contributed by atoms with van der Waals surface area (Å²) in [6.07, 6.45) is -4.38. The molecule has 0 bridgehead atoms. The fourth-order valence-electron chi connectivity index (χ4n) is 1.29. The van der Waals surface area contributed by atoms with Crippen LogP contribution in [0.2, 0.25) is 0 Å². The molecular weight excluding hydrogens is 221 g/mol. The highest BCUT2D eigenvalue weighted by atomic mass is 19.4. The number of aromatic amines is 1. The molecule has 2 rings (SSSR count). The van der Waals surface area contributed by atoms with Crippen LogP contribution in [-0.2, 0) is 6.18 Å². The number of nitrogens with one attached hydrogen (secondary N) is 1. The molecule has 1 aromatic carbocycles. The number of nitrogens with zero attached hydrogens (tertiary/aromatic N) is 2. The standard InChI is InChI=1S/C9H7F3N4/c10-9(11,12)6-3-1-2-5(4-6)7-8(13)15-16-14-7/h1-4H,(H3,13,14,15,16). The summed E-state index contributed by atoms with van der Waals surface area (Å²) in [5.74, 6) is 0.0688. The molecule has 0 saturated carbocycles. The second kappa shape index (κ2) is 3.51. The summed E-state index contributed by atoms with van der Waals surface area (Å²) in [4.78, 5) is 0. The molecule has 0 fully saturated rings. The molecule has 0 radical (unpaired) electrons. The lowest BCUT2D eigenvalue weighted by Crippen LogP contribution is -2.04. The predicted octanol–water partition coefficient (Wildman–Crippen LogP) is 2.07. The molecule has 0 spiro atoms. The van der Waals surface area contributed by atoms with Crippen LogP contribution in [0.15, 0.2) is 24.3 Å². The van der Waals surface area contributed by atoms with E-state index in [4.69, 9.17) is 5.73 Å². The summed E-state index contributed by atoms with van der Waals surface area (Å²) in [5.41, 5.74) is 5.20. The van der Waals surface area contributed by atoms with Gasteiger partial charge in [0.25, 0.3) is 0 Å². The molecule has 1 heterocycles. The number of hydrogen-bond acceptors (Lipinski definition) is 3. The molecule has 4 nitrogen and oxygen atoms in total. The van der Waals surface area contributed by atoms with Gasteiger partial charge in [-0.15, -0.1) is 5.10 Å². The van der Waals surface area contributed by atoms with Crippen molar-refractivity contribution in [1.82, 2.24) is 15.4 Å². The number of halogens is 3. The highest BCUT2D eigenvalue weighted by Crippen LogP contribution is 2.32. The van der Waals surface area contributed by atoms with E-state index < -0.39 is 11.7 Å². The molecule has 0 aliphatic carbocycles. The van der Waals surface area contributed by atoms with Gasteiger partial charge in [0.2, 0.25) is 0 Å². The largest absolute Gasteiger partial charge is 0.416 e. The first-order chi connectivity index (χ1) is 7.48. The molecular formula is C9H7F3N4. The van der Waals surface area contributed by atoms with Crippen molar-refractivity contribution in [3.63, 3.8) is 0 Å². The molecule has 0 atom stereocenters. The van der Waals surface area contributed by atoms with Gasteiger partial charge in [-0.05, 0) is 12.1 Å². The number of benzene rings is 1. The Balaban J connectivity index is 2.49. The van der Waals surface area contributed by atoms with Crippen LogP contribution in [0.5, 0.6) is 0 Å². The van der Waals surface area contributed by atoms with Crippen LogP contribution in [0.1, 0.15) is 5.56 Å². The van der Waals surface area contributed by atoms with E-state index in [1.165, 1.54) is 12.1 Å². The van der Waals surface area contributed by atoms with E-state index in [1.54, 1.807) is 0 Å². The lowest BCUT2D eigenvalue weighted by Gasteiger charge is -2.07. The molecule has 16 heavy (non-hydrogen) atoms. The van der Waals surface area contributed by atoms with Crippen molar-refractivity contribution in [2.75, 3.05) is 5.73 Å². The average molecular weight is 228 g/mol. The van der Waals surface area contributed by atoms with Crippen molar-refractivity contribution in [2.45, 2.75) is 6.18 Å². The number of rotatable bonds is 1. The van der Waals surface area contributed by atoms with Gasteiger partial charge in [0.1, 0.15) is 5.69 Å². The van der Waals surface area contributed by atoms with Crippen LogP contribution >= 0.6 is 0 Å². The van der Waals surface area contributed by atoms with E-state index >= 15 is 0 Å². The Bertz CT molecular complexity index is 503. The summed E-state index contributed by atoms with van der Waals surface area (Å²) in [7, 11) is 0. The van der Waals surface area contributed by atoms with E-state index in [-0.39, 0.29) is 17.1 Å². The van der Waals surface area contributed by atoms with Crippen LogP contribution in [0.4, 0.5) is 19.0 Å². The molecule has 1 aromatic heterocycles. The van der Waals surface area contributed by atoms with Gasteiger partial charge in [-0.25, -0.2) is 0 Å². The van der Waals surface area contributed by atoms with Crippen LogP contribution < -0.4 is 5.73 Å². The van der Waals surface area contributed by atoms with Crippen LogP contribution in [0.3, 0.4) is 0 Å². The van der Waals surface area contributed by atoms with Crippen molar-refractivity contribution in [1.29, 1.82) is 0 Å². The third-order valence-corrected chi connectivity index (χ3v) is 2.04. The molecule has 2 aromatic rings. The van der Waals surface area contributed by atoms with Crippen LogP contribution in [-0.4, -0.2) is 15.4 Å². The lowest BCUT2D eigenvalue weighted by atomic mass is 10.1. The quantitative estimate of drug-likeness (QED) is 0.785. The molecule has 0 aliphatic heterocycles. The Morgan fingerprint density at radius 1 is 1.19 bits per heavy atom. The maximum Gasteiger partial charge on any atom is 0.416 e. The minimum absolute atomic E-state index is 0.0688. The monoisotopic (exact) mass is 228 g/mol. The summed E-state index contributed by atoms with van der Waals surface area (Å²) < 4.78 is 37.3. The smallest absolute Gasteiger partial charge is 0.380 e. The van der Waals surface area contributed by atoms with Crippen molar-refractivity contribution in [3.8, 4) is 11.3 Å². The highest BCUT2D eigenvalue weighted by Gasteiger charge is 2.30. The minimum Gasteiger partial charge on any atom is -0.380 e. The van der Waals surface area contributed by atoms with Crippen molar-refractivity contribution >= 4 is 5.82 Å². The molecule has 84 valence electrons. The fraction of sp³-hybridized carbons (Fsp3) is 0.111. The molecule has 3 N–H and O–H groups in total. The summed E-state index contributed by atoms with van der Waals surface area (Å²) >= 11 is 0. The normalized spacial score (nSPS) is 11.7. The first-order valence-corrected chi connectivity index (χ1v) is 4.32. The molecule has 0 aliphatic rings. The van der Waals surface area contributed by atoms with Gasteiger partial charge in [-0.1, -0.05) is 12.1 Å². The second-order valence-electron chi connectivity index (χ2n) is 3.14. The van der Waals surface area contributed by atoms with Crippen LogP contribution in [0, 0.1) is 0 Å². The Labute approximate surface area is 88.3 Å². The second-order valence-corrected chi connectivity index (χ2v) is 3.14. The number of hydrogen-bond donors (Lipinski definition) is 2. The average Bonchev–Trinajstić information content (AvgIpc) is 2.63. The van der Waals surface area contributed by atoms with Crippen molar-refractivity contribution in [2.24, 2.45) is 0 Å². The zero-order chi connectivity index (χ0) is 11.8. The van der Waals surface area contributed by atoms with Gasteiger partial charge < -0.3 is 5.73 Å². The van der Waals surface area contributed by atoms with E-state index in [2.05, 4.69) is 15.4 Å². The zero-order valence-electron chi connectivity index (χ0n) is 7.92. The maximum absolute atomic E-state index is 12.4. The molecule has 0 amide bonds. The Morgan fingerprint density at radius 2 is 1.94 bits per heavy atom. The Morgan fingerprint density at radius 3 is 2.50 bits per heavy atom. The number of aromatic nitrogens is 3. The number of nitrogens with two attached hydrogens (primary N) is 1. The Kier molecular flexibility index (Phi) is 2.30. The molecule has 0 saturated heterocycles. The third-order valence-electron chi connectivity index (χ3n) is 2.04. The van der Waals surface area contributed by atoms with Crippen LogP contribution in [0.25, 0.3) is 11.3 Å². The molecule has 0 unspecified atom stereocenters. The van der Waals surface area contributed by atoms with E-state index in [9.17, 15) is 13.2 Å². The Hall–Kier alpha value is -2.05. The number of alkyl halides is 3. The first-order valence-electron chi connectivity index (χ1n) is 4.32. The third kappa shape index (κ3) is 1.83. The number of H-pyrrole nitrogens is 1. The highest BCUT2D eigenvalue weighted by molar-refractivity contribution is 5.69. The molecule has 7 heteroatoms. The van der Waals surface area contributed by atoms with Gasteiger partial charge in [0.15, 0.2) is 5.82 Å². The summed E-state index contributed by atoms with van der Waals surface area (Å²) in [5, 5.41) is 9.47. The van der Waals surface area contributed by atoms with Gasteiger partial charge in [-0.3, -0.25) is 0 Å². The minimum atomic E-state index is -4.38. The van der Waals surface area contributed by atoms with E-state index in [0.29, 0.717) is 0 Å². The van der Waals surface area contributed by atoms with Crippen molar-refractivity contribution < 1.29 is 13.2 Å². The van der Waals surface area contributed by atoms with E-state index in [0.717, 1.165) is 12.1 Å². The van der Waals surface area contributed by atoms with Crippen molar-refractivity contribution in [3.05, 3.63) is 29.8 Å².